The number of benzene rings is 1. The van der Waals surface area contributed by atoms with Crippen molar-refractivity contribution in [2.24, 2.45) is 0 Å². The number of hydrogen-bond acceptors (Lipinski definition) is 2. The fourth-order valence-electron chi connectivity index (χ4n) is 2.23. The average Bonchev–Trinajstić information content (AvgIpc) is 2.95. The number of thiophene rings is 1. The van der Waals surface area contributed by atoms with Crippen molar-refractivity contribution in [2.45, 2.75) is 18.7 Å². The zero-order valence-corrected chi connectivity index (χ0v) is 13.0. The average molecular weight is 344 g/mol. The summed E-state index contributed by atoms with van der Waals surface area (Å²) >= 11 is 11.9. The van der Waals surface area contributed by atoms with Crippen molar-refractivity contribution in [3.63, 3.8) is 0 Å². The third kappa shape index (κ3) is 2.20. The van der Waals surface area contributed by atoms with Gasteiger partial charge in [0.1, 0.15) is 5.75 Å². The van der Waals surface area contributed by atoms with E-state index in [1.807, 2.05) is 0 Å². The maximum atomic E-state index is 6.61. The standard InChI is InChI=1S/C14H12BrClOS/c1-8-2-3-12(18-8)13(16)11-7-10(15)6-9-4-5-17-14(9)11/h2-3,6-7,13H,4-5H2,1H3. The molecule has 1 aromatic heterocycles. The van der Waals surface area contributed by atoms with Crippen LogP contribution in [-0.2, 0) is 6.42 Å². The molecule has 1 atom stereocenters. The second kappa shape index (κ2) is 4.87. The summed E-state index contributed by atoms with van der Waals surface area (Å²) in [6.07, 6.45) is 0.967. The molecule has 2 aromatic rings. The van der Waals surface area contributed by atoms with Crippen LogP contribution in [0.2, 0.25) is 0 Å². The minimum Gasteiger partial charge on any atom is -0.493 e. The number of rotatable bonds is 2. The fraction of sp³-hybridized carbons (Fsp3) is 0.286. The van der Waals surface area contributed by atoms with Crippen molar-refractivity contribution in [3.8, 4) is 5.75 Å². The molecule has 1 aliphatic heterocycles. The Bertz CT molecular complexity index is 593. The van der Waals surface area contributed by atoms with Gasteiger partial charge < -0.3 is 4.74 Å². The number of hydrogen-bond donors (Lipinski definition) is 0. The summed E-state index contributed by atoms with van der Waals surface area (Å²) in [6, 6.07) is 8.39. The van der Waals surface area contributed by atoms with Gasteiger partial charge in [0, 0.05) is 26.2 Å². The molecule has 1 aliphatic rings. The van der Waals surface area contributed by atoms with Crippen LogP contribution in [-0.4, -0.2) is 6.61 Å². The van der Waals surface area contributed by atoms with Gasteiger partial charge in [0.05, 0.1) is 12.0 Å². The molecule has 0 saturated carbocycles. The number of aryl methyl sites for hydroxylation is 1. The van der Waals surface area contributed by atoms with Gasteiger partial charge >= 0.3 is 0 Å². The van der Waals surface area contributed by atoms with E-state index in [1.54, 1.807) is 11.3 Å². The molecule has 0 bridgehead atoms. The quantitative estimate of drug-likeness (QED) is 0.691. The monoisotopic (exact) mass is 342 g/mol. The summed E-state index contributed by atoms with van der Waals surface area (Å²) in [6.45, 7) is 2.85. The minimum atomic E-state index is -0.131. The van der Waals surface area contributed by atoms with E-state index in [0.717, 1.165) is 28.8 Å². The Morgan fingerprint density at radius 3 is 2.94 bits per heavy atom. The minimum absolute atomic E-state index is 0.131. The van der Waals surface area contributed by atoms with E-state index in [-0.39, 0.29) is 5.38 Å². The van der Waals surface area contributed by atoms with Crippen molar-refractivity contribution in [3.05, 3.63) is 49.6 Å². The van der Waals surface area contributed by atoms with Crippen LogP contribution in [0.1, 0.15) is 26.3 Å². The predicted octanol–water partition coefficient (Wildman–Crippen LogP) is 5.08. The second-order valence-corrected chi connectivity index (χ2v) is 7.06. The lowest BCUT2D eigenvalue weighted by molar-refractivity contribution is 0.353. The van der Waals surface area contributed by atoms with E-state index >= 15 is 0 Å². The van der Waals surface area contributed by atoms with Gasteiger partial charge in [0.25, 0.3) is 0 Å². The summed E-state index contributed by atoms with van der Waals surface area (Å²) < 4.78 is 6.80. The molecule has 4 heteroatoms. The SMILES string of the molecule is Cc1ccc(C(Cl)c2cc(Br)cc3c2OCC3)s1. The van der Waals surface area contributed by atoms with Crippen LogP contribution < -0.4 is 4.74 Å². The zero-order chi connectivity index (χ0) is 12.7. The van der Waals surface area contributed by atoms with E-state index in [1.165, 1.54) is 15.3 Å². The van der Waals surface area contributed by atoms with Gasteiger partial charge in [-0.05, 0) is 36.8 Å². The lowest BCUT2D eigenvalue weighted by Crippen LogP contribution is -1.95. The summed E-state index contributed by atoms with van der Waals surface area (Å²) in [7, 11) is 0. The van der Waals surface area contributed by atoms with Crippen molar-refractivity contribution >= 4 is 38.9 Å². The van der Waals surface area contributed by atoms with E-state index in [9.17, 15) is 0 Å². The highest BCUT2D eigenvalue weighted by atomic mass is 79.9. The van der Waals surface area contributed by atoms with E-state index < -0.39 is 0 Å². The molecule has 1 aromatic carbocycles. The molecular formula is C14H12BrClOS. The number of alkyl halides is 1. The van der Waals surface area contributed by atoms with Crippen molar-refractivity contribution in [2.75, 3.05) is 6.61 Å². The van der Waals surface area contributed by atoms with Crippen LogP contribution >= 0.6 is 38.9 Å². The Morgan fingerprint density at radius 2 is 2.22 bits per heavy atom. The van der Waals surface area contributed by atoms with E-state index in [0.29, 0.717) is 0 Å². The highest BCUT2D eigenvalue weighted by Crippen LogP contribution is 2.43. The van der Waals surface area contributed by atoms with Crippen LogP contribution in [0.25, 0.3) is 0 Å². The Balaban J connectivity index is 2.06. The van der Waals surface area contributed by atoms with Crippen molar-refractivity contribution in [1.82, 2.24) is 0 Å². The number of halogens is 2. The van der Waals surface area contributed by atoms with Crippen LogP contribution in [0.15, 0.2) is 28.7 Å². The first kappa shape index (κ1) is 12.5. The smallest absolute Gasteiger partial charge is 0.127 e. The fourth-order valence-corrected chi connectivity index (χ4v) is 3.99. The highest BCUT2D eigenvalue weighted by molar-refractivity contribution is 9.10. The van der Waals surface area contributed by atoms with Gasteiger partial charge in [0.2, 0.25) is 0 Å². The molecule has 0 amide bonds. The van der Waals surface area contributed by atoms with E-state index in [4.69, 9.17) is 16.3 Å². The normalized spacial score (nSPS) is 15.3. The van der Waals surface area contributed by atoms with Gasteiger partial charge in [-0.3, -0.25) is 0 Å². The highest BCUT2D eigenvalue weighted by Gasteiger charge is 2.23. The first-order chi connectivity index (χ1) is 8.65. The molecule has 2 heterocycles. The maximum absolute atomic E-state index is 6.61. The molecule has 0 fully saturated rings. The van der Waals surface area contributed by atoms with Gasteiger partial charge in [-0.1, -0.05) is 15.9 Å². The predicted molar refractivity (Wildman–Crippen MR) is 80.1 cm³/mol. The van der Waals surface area contributed by atoms with Gasteiger partial charge in [-0.25, -0.2) is 0 Å². The lowest BCUT2D eigenvalue weighted by Gasteiger charge is -2.13. The van der Waals surface area contributed by atoms with Crippen LogP contribution in [0.3, 0.4) is 0 Å². The van der Waals surface area contributed by atoms with Crippen LogP contribution in [0.4, 0.5) is 0 Å². The molecule has 1 nitrogen and oxygen atoms in total. The second-order valence-electron chi connectivity index (χ2n) is 4.39. The van der Waals surface area contributed by atoms with Crippen molar-refractivity contribution < 1.29 is 4.74 Å². The summed E-state index contributed by atoms with van der Waals surface area (Å²) in [5.41, 5.74) is 2.32. The molecule has 3 rings (SSSR count). The molecule has 0 aliphatic carbocycles. The molecule has 0 radical (unpaired) electrons. The van der Waals surface area contributed by atoms with Crippen LogP contribution in [0, 0.1) is 6.92 Å². The van der Waals surface area contributed by atoms with Gasteiger partial charge in [-0.15, -0.1) is 22.9 Å². The molecule has 94 valence electrons. The van der Waals surface area contributed by atoms with E-state index in [2.05, 4.69) is 47.1 Å². The van der Waals surface area contributed by atoms with Gasteiger partial charge in [0.15, 0.2) is 0 Å². The molecular weight excluding hydrogens is 332 g/mol. The summed E-state index contributed by atoms with van der Waals surface area (Å²) in [4.78, 5) is 2.45. The Hall–Kier alpha value is -0.510. The Kier molecular flexibility index (Phi) is 3.39. The largest absolute Gasteiger partial charge is 0.493 e. The third-order valence-corrected chi connectivity index (χ3v) is 5.18. The summed E-state index contributed by atoms with van der Waals surface area (Å²) in [5.74, 6) is 0.976. The number of fused-ring (bicyclic) bond motifs is 1. The van der Waals surface area contributed by atoms with Crippen LogP contribution in [0.5, 0.6) is 5.75 Å². The Labute approximate surface area is 124 Å². The Morgan fingerprint density at radius 1 is 1.39 bits per heavy atom. The zero-order valence-electron chi connectivity index (χ0n) is 9.87. The topological polar surface area (TPSA) is 9.23 Å². The number of ether oxygens (including phenoxy) is 1. The molecule has 0 saturated heterocycles. The third-order valence-electron chi connectivity index (χ3n) is 3.06. The maximum Gasteiger partial charge on any atom is 0.127 e. The molecule has 1 unspecified atom stereocenters. The lowest BCUT2D eigenvalue weighted by atomic mass is 10.0. The van der Waals surface area contributed by atoms with Gasteiger partial charge in [-0.2, -0.15) is 0 Å². The first-order valence-electron chi connectivity index (χ1n) is 5.80. The first-order valence-corrected chi connectivity index (χ1v) is 7.85. The molecule has 0 N–H and O–H groups in total. The summed E-state index contributed by atoms with van der Waals surface area (Å²) in [5, 5.41) is -0.131. The van der Waals surface area contributed by atoms with Crippen molar-refractivity contribution in [1.29, 1.82) is 0 Å². The molecule has 18 heavy (non-hydrogen) atoms. The molecule has 0 spiro atoms.